The molecule has 0 aliphatic heterocycles. The minimum absolute atomic E-state index is 0.0855. The van der Waals surface area contributed by atoms with E-state index in [4.69, 9.17) is 10.00 Å². The fraction of sp³-hybridized carbons (Fsp3) is 0.571. The molecule has 0 amide bonds. The summed E-state index contributed by atoms with van der Waals surface area (Å²) in [7, 11) is 3.58. The van der Waals surface area contributed by atoms with Crippen LogP contribution in [0.1, 0.15) is 34.1 Å². The third-order valence-electron chi connectivity index (χ3n) is 2.26. The zero-order valence-electron chi connectivity index (χ0n) is 13.5. The van der Waals surface area contributed by atoms with Crippen molar-refractivity contribution in [3.05, 3.63) is 11.3 Å². The Morgan fingerprint density at radius 2 is 1.95 bits per heavy atom. The Balaban J connectivity index is 5.66. The molecule has 0 bridgehead atoms. The molecule has 0 aliphatic carbocycles. The van der Waals surface area contributed by atoms with Gasteiger partial charge in [0.2, 0.25) is 5.96 Å². The van der Waals surface area contributed by atoms with Crippen molar-refractivity contribution in [1.29, 1.82) is 5.26 Å². The molecule has 0 unspecified atom stereocenters. The Bertz CT molecular complexity index is 494. The number of nitrogens with one attached hydrogen (secondary N) is 1. The normalized spacial score (nSPS) is 12.0. The van der Waals surface area contributed by atoms with Crippen molar-refractivity contribution in [3.63, 3.8) is 0 Å². The van der Waals surface area contributed by atoms with Crippen molar-refractivity contribution < 1.29 is 9.53 Å². The molecule has 21 heavy (non-hydrogen) atoms. The number of rotatable bonds is 5. The molecule has 0 aromatic carbocycles. The largest absolute Gasteiger partial charge is 0.462 e. The predicted molar refractivity (Wildman–Crippen MR) is 82.6 cm³/mol. The number of nitriles is 1. The molecule has 7 heteroatoms. The van der Waals surface area contributed by atoms with Crippen molar-refractivity contribution >= 4 is 17.6 Å². The number of hydrogen-bond acceptors (Lipinski definition) is 5. The van der Waals surface area contributed by atoms with Gasteiger partial charge in [0.05, 0.1) is 12.3 Å². The van der Waals surface area contributed by atoms with Gasteiger partial charge in [0.15, 0.2) is 5.57 Å². The third kappa shape index (κ3) is 6.56. The van der Waals surface area contributed by atoms with Crippen LogP contribution in [-0.4, -0.2) is 43.2 Å². The summed E-state index contributed by atoms with van der Waals surface area (Å²) in [5.74, 6) is -0.223. The van der Waals surface area contributed by atoms with Gasteiger partial charge in [0.1, 0.15) is 6.07 Å². The Morgan fingerprint density at radius 3 is 2.33 bits per heavy atom. The van der Waals surface area contributed by atoms with Crippen LogP contribution in [-0.2, 0) is 9.53 Å². The molecule has 0 saturated heterocycles. The molecule has 0 fully saturated rings. The van der Waals surface area contributed by atoms with Gasteiger partial charge in [-0.25, -0.2) is 15.2 Å². The number of nitrogens with zero attached hydrogens (tertiary/aromatic N) is 4. The van der Waals surface area contributed by atoms with Gasteiger partial charge in [-0.3, -0.25) is 0 Å². The average molecular weight is 293 g/mol. The Hall–Kier alpha value is -2.36. The van der Waals surface area contributed by atoms with E-state index in [0.29, 0.717) is 18.1 Å². The maximum Gasteiger partial charge on any atom is 0.350 e. The molecule has 0 radical (unpaired) electrons. The van der Waals surface area contributed by atoms with E-state index in [9.17, 15) is 4.79 Å². The lowest BCUT2D eigenvalue weighted by Gasteiger charge is -2.16. The van der Waals surface area contributed by atoms with Gasteiger partial charge in [-0.2, -0.15) is 10.4 Å². The Morgan fingerprint density at radius 1 is 1.33 bits per heavy atom. The van der Waals surface area contributed by atoms with Crippen LogP contribution in [0.5, 0.6) is 0 Å². The van der Waals surface area contributed by atoms with E-state index in [1.807, 2.05) is 26.8 Å². The van der Waals surface area contributed by atoms with Crippen molar-refractivity contribution in [3.8, 4) is 6.07 Å². The summed E-state index contributed by atoms with van der Waals surface area (Å²) in [6.45, 7) is 7.40. The van der Waals surface area contributed by atoms with Crippen LogP contribution >= 0.6 is 0 Å². The van der Waals surface area contributed by atoms with Crippen LogP contribution in [0, 0.1) is 11.3 Å². The number of hydrazone groups is 1. The van der Waals surface area contributed by atoms with Crippen LogP contribution in [0.3, 0.4) is 0 Å². The first kappa shape index (κ1) is 18.6. The zero-order valence-corrected chi connectivity index (χ0v) is 13.5. The lowest BCUT2D eigenvalue weighted by molar-refractivity contribution is -0.138. The third-order valence-corrected chi connectivity index (χ3v) is 2.26. The molecule has 1 N–H and O–H groups in total. The van der Waals surface area contributed by atoms with Crippen molar-refractivity contribution in [2.24, 2.45) is 10.1 Å². The summed E-state index contributed by atoms with van der Waals surface area (Å²) in [5, 5.41) is 13.2. The molecule has 116 valence electrons. The lowest BCUT2D eigenvalue weighted by Crippen LogP contribution is -2.33. The lowest BCUT2D eigenvalue weighted by atomic mass is 10.2. The number of carbonyl (C=O) groups is 1. The number of carbonyl (C=O) groups excluding carboxylic acids is 1. The summed E-state index contributed by atoms with van der Waals surface area (Å²) >= 11 is 0. The summed E-state index contributed by atoms with van der Waals surface area (Å²) in [6, 6.07) is 1.86. The second-order valence-electron chi connectivity index (χ2n) is 4.51. The highest BCUT2D eigenvalue weighted by Gasteiger charge is 2.16. The Kier molecular flexibility index (Phi) is 8.46. The van der Waals surface area contributed by atoms with Crippen molar-refractivity contribution in [1.82, 2.24) is 10.3 Å². The molecular weight excluding hydrogens is 270 g/mol. The fourth-order valence-corrected chi connectivity index (χ4v) is 1.26. The smallest absolute Gasteiger partial charge is 0.350 e. The molecule has 0 atom stereocenters. The Labute approximate surface area is 126 Å². The van der Waals surface area contributed by atoms with Gasteiger partial charge < -0.3 is 9.64 Å². The standard InChI is InChI=1S/C14H23N5O2/c1-7-12(11(9-15)13(20)21-8-2)16-14(19(5)6)18-17-10(3)4/h7-8H2,1-6H3,(H,16,18)/b12-11-. The first-order chi connectivity index (χ1) is 9.87. The summed E-state index contributed by atoms with van der Waals surface area (Å²) in [6.07, 6.45) is 0.426. The highest BCUT2D eigenvalue weighted by Crippen LogP contribution is 2.12. The molecule has 0 heterocycles. The van der Waals surface area contributed by atoms with Gasteiger partial charge in [-0.15, -0.1) is 0 Å². The zero-order chi connectivity index (χ0) is 16.4. The minimum atomic E-state index is -0.658. The van der Waals surface area contributed by atoms with Gasteiger partial charge in [-0.05, 0) is 27.2 Å². The molecule has 0 aromatic rings. The number of aliphatic imine (C=N–C) groups is 1. The van der Waals surface area contributed by atoms with E-state index in [0.717, 1.165) is 5.71 Å². The first-order valence-corrected chi connectivity index (χ1v) is 6.70. The van der Waals surface area contributed by atoms with E-state index in [1.165, 1.54) is 0 Å². The van der Waals surface area contributed by atoms with E-state index >= 15 is 0 Å². The maximum absolute atomic E-state index is 11.8. The monoisotopic (exact) mass is 293 g/mol. The van der Waals surface area contributed by atoms with Crippen molar-refractivity contribution in [2.75, 3.05) is 20.7 Å². The topological polar surface area (TPSA) is 90.1 Å². The molecular formula is C14H23N5O2. The van der Waals surface area contributed by atoms with Gasteiger partial charge in [-0.1, -0.05) is 6.92 Å². The fourth-order valence-electron chi connectivity index (χ4n) is 1.26. The summed E-state index contributed by atoms with van der Waals surface area (Å²) < 4.78 is 4.87. The molecule has 0 spiro atoms. The highest BCUT2D eigenvalue weighted by molar-refractivity contribution is 5.94. The van der Waals surface area contributed by atoms with E-state index in [-0.39, 0.29) is 12.2 Å². The van der Waals surface area contributed by atoms with Crippen LogP contribution in [0.2, 0.25) is 0 Å². The van der Waals surface area contributed by atoms with Crippen LogP contribution in [0.4, 0.5) is 0 Å². The average Bonchev–Trinajstić information content (AvgIpc) is 2.41. The van der Waals surface area contributed by atoms with Gasteiger partial charge in [0, 0.05) is 19.8 Å². The summed E-state index contributed by atoms with van der Waals surface area (Å²) in [5.41, 5.74) is 3.90. The number of guanidine groups is 1. The van der Waals surface area contributed by atoms with Crippen LogP contribution < -0.4 is 5.43 Å². The van der Waals surface area contributed by atoms with Gasteiger partial charge >= 0.3 is 5.97 Å². The molecule has 0 rings (SSSR count). The molecule has 7 nitrogen and oxygen atoms in total. The number of hydrogen-bond donors (Lipinski definition) is 1. The number of ether oxygens (including phenoxy) is 1. The van der Waals surface area contributed by atoms with E-state index in [1.54, 1.807) is 25.9 Å². The van der Waals surface area contributed by atoms with Crippen LogP contribution in [0.15, 0.2) is 21.4 Å². The second-order valence-corrected chi connectivity index (χ2v) is 4.51. The molecule has 0 aromatic heterocycles. The molecule has 0 saturated carbocycles. The van der Waals surface area contributed by atoms with E-state index in [2.05, 4.69) is 15.5 Å². The SMILES string of the molecule is CCOC(=O)/C(C#N)=C(/CC)N=C(NN=C(C)C)N(C)C. The highest BCUT2D eigenvalue weighted by atomic mass is 16.5. The molecule has 0 aliphatic rings. The second kappa shape index (κ2) is 9.53. The quantitative estimate of drug-likeness (QED) is 0.208. The van der Waals surface area contributed by atoms with E-state index < -0.39 is 5.97 Å². The predicted octanol–water partition coefficient (Wildman–Crippen LogP) is 1.64. The number of allylic oxidation sites excluding steroid dienone is 1. The summed E-state index contributed by atoms with van der Waals surface area (Å²) in [4.78, 5) is 17.8. The first-order valence-electron chi connectivity index (χ1n) is 6.70. The van der Waals surface area contributed by atoms with Gasteiger partial charge in [0.25, 0.3) is 0 Å². The van der Waals surface area contributed by atoms with Crippen molar-refractivity contribution in [2.45, 2.75) is 34.1 Å². The number of esters is 1. The maximum atomic E-state index is 11.8. The minimum Gasteiger partial charge on any atom is -0.462 e. The van der Waals surface area contributed by atoms with Crippen LogP contribution in [0.25, 0.3) is 0 Å².